The van der Waals surface area contributed by atoms with Crippen LogP contribution in [-0.2, 0) is 13.1 Å². The fourth-order valence-corrected chi connectivity index (χ4v) is 2.67. The summed E-state index contributed by atoms with van der Waals surface area (Å²) in [4.78, 5) is 4.18. The molecule has 0 unspecified atom stereocenters. The first kappa shape index (κ1) is 12.0. The molecule has 0 aliphatic rings. The second-order valence-electron chi connectivity index (χ2n) is 3.25. The molecule has 0 aliphatic carbocycles. The Kier molecular flexibility index (Phi) is 4.35. The van der Waals surface area contributed by atoms with Crippen LogP contribution in [-0.4, -0.2) is 4.98 Å². The van der Waals surface area contributed by atoms with Gasteiger partial charge in [0.2, 0.25) is 0 Å². The van der Waals surface area contributed by atoms with E-state index in [1.807, 2.05) is 18.2 Å². The molecule has 2 aromatic rings. The van der Waals surface area contributed by atoms with Crippen LogP contribution >= 0.6 is 38.9 Å². The van der Waals surface area contributed by atoms with Gasteiger partial charge in [-0.2, -0.15) is 0 Å². The van der Waals surface area contributed by atoms with E-state index in [4.69, 9.17) is 11.6 Å². The van der Waals surface area contributed by atoms with Crippen molar-refractivity contribution in [1.29, 1.82) is 0 Å². The molecule has 1 aromatic carbocycles. The molecule has 0 fully saturated rings. The van der Waals surface area contributed by atoms with Crippen molar-refractivity contribution >= 4 is 38.9 Å². The van der Waals surface area contributed by atoms with Crippen molar-refractivity contribution < 1.29 is 0 Å². The van der Waals surface area contributed by atoms with Crippen molar-refractivity contribution in [3.8, 4) is 0 Å². The number of rotatable bonds is 4. The fraction of sp³-hybridized carbons (Fsp3) is 0.182. The minimum atomic E-state index is 0.734. The van der Waals surface area contributed by atoms with Crippen molar-refractivity contribution in [2.24, 2.45) is 0 Å². The molecule has 0 spiro atoms. The Morgan fingerprint density at radius 2 is 2.12 bits per heavy atom. The van der Waals surface area contributed by atoms with Crippen LogP contribution in [0.15, 0.2) is 34.9 Å². The Bertz CT molecular complexity index is 473. The molecule has 1 aromatic heterocycles. The van der Waals surface area contributed by atoms with Crippen molar-refractivity contribution in [1.82, 2.24) is 10.3 Å². The third kappa shape index (κ3) is 3.28. The van der Waals surface area contributed by atoms with Crippen LogP contribution in [0.1, 0.15) is 10.6 Å². The van der Waals surface area contributed by atoms with E-state index in [0.29, 0.717) is 0 Å². The van der Waals surface area contributed by atoms with E-state index in [1.165, 1.54) is 16.9 Å². The Balaban J connectivity index is 1.87. The van der Waals surface area contributed by atoms with Gasteiger partial charge < -0.3 is 5.32 Å². The Labute approximate surface area is 112 Å². The summed E-state index contributed by atoms with van der Waals surface area (Å²) in [5.41, 5.74) is 1.24. The quantitative estimate of drug-likeness (QED) is 0.926. The molecular weight excluding hydrogens is 308 g/mol. The van der Waals surface area contributed by atoms with Crippen LogP contribution in [0, 0.1) is 0 Å². The SMILES string of the molecule is Clc1cnc(CNCc2ccccc2Br)s1. The molecule has 2 nitrogen and oxygen atoms in total. The van der Waals surface area contributed by atoms with Crippen LogP contribution in [0.3, 0.4) is 0 Å². The highest BCUT2D eigenvalue weighted by molar-refractivity contribution is 9.10. The largest absolute Gasteiger partial charge is 0.306 e. The van der Waals surface area contributed by atoms with Gasteiger partial charge in [-0.05, 0) is 11.6 Å². The van der Waals surface area contributed by atoms with E-state index in [1.54, 1.807) is 6.20 Å². The van der Waals surface area contributed by atoms with Gasteiger partial charge in [0.1, 0.15) is 9.34 Å². The number of thiazole rings is 1. The van der Waals surface area contributed by atoms with E-state index in [-0.39, 0.29) is 0 Å². The number of nitrogens with one attached hydrogen (secondary N) is 1. The number of aromatic nitrogens is 1. The van der Waals surface area contributed by atoms with Crippen molar-refractivity contribution in [2.45, 2.75) is 13.1 Å². The van der Waals surface area contributed by atoms with E-state index >= 15 is 0 Å². The van der Waals surface area contributed by atoms with Gasteiger partial charge in [-0.15, -0.1) is 11.3 Å². The third-order valence-electron chi connectivity index (χ3n) is 2.07. The maximum Gasteiger partial charge on any atom is 0.113 e. The molecule has 0 radical (unpaired) electrons. The highest BCUT2D eigenvalue weighted by Crippen LogP contribution is 2.19. The summed E-state index contributed by atoms with van der Waals surface area (Å²) in [7, 11) is 0. The zero-order valence-electron chi connectivity index (χ0n) is 8.41. The van der Waals surface area contributed by atoms with Crippen molar-refractivity contribution in [2.75, 3.05) is 0 Å². The summed E-state index contributed by atoms with van der Waals surface area (Å²) in [6.45, 7) is 1.57. The molecule has 5 heteroatoms. The normalized spacial score (nSPS) is 10.6. The summed E-state index contributed by atoms with van der Waals surface area (Å²) in [5, 5.41) is 4.34. The van der Waals surface area contributed by atoms with Gasteiger partial charge >= 0.3 is 0 Å². The molecule has 0 atom stereocenters. The molecule has 16 heavy (non-hydrogen) atoms. The predicted molar refractivity (Wildman–Crippen MR) is 71.8 cm³/mol. The molecule has 0 amide bonds. The van der Waals surface area contributed by atoms with Gasteiger partial charge in [0.15, 0.2) is 0 Å². The lowest BCUT2D eigenvalue weighted by atomic mass is 10.2. The number of hydrogen-bond donors (Lipinski definition) is 1. The number of nitrogens with zero attached hydrogens (tertiary/aromatic N) is 1. The monoisotopic (exact) mass is 316 g/mol. The summed E-state index contributed by atoms with van der Waals surface area (Å²) >= 11 is 10.8. The number of hydrogen-bond acceptors (Lipinski definition) is 3. The van der Waals surface area contributed by atoms with Crippen molar-refractivity contribution in [3.63, 3.8) is 0 Å². The molecule has 0 saturated carbocycles. The van der Waals surface area contributed by atoms with Crippen molar-refractivity contribution in [3.05, 3.63) is 49.8 Å². The molecule has 84 valence electrons. The van der Waals surface area contributed by atoms with Gasteiger partial charge in [0.25, 0.3) is 0 Å². The van der Waals surface area contributed by atoms with Crippen LogP contribution in [0.2, 0.25) is 4.34 Å². The molecule has 1 heterocycles. The lowest BCUT2D eigenvalue weighted by molar-refractivity contribution is 0.688. The van der Waals surface area contributed by atoms with E-state index < -0.39 is 0 Å². The zero-order valence-corrected chi connectivity index (χ0v) is 11.6. The molecule has 1 N–H and O–H groups in total. The second kappa shape index (κ2) is 5.77. The van der Waals surface area contributed by atoms with Crippen LogP contribution in [0.25, 0.3) is 0 Å². The minimum Gasteiger partial charge on any atom is -0.306 e. The summed E-state index contributed by atoms with van der Waals surface area (Å²) in [6, 6.07) is 8.17. The fourth-order valence-electron chi connectivity index (χ4n) is 1.32. The number of halogens is 2. The standard InChI is InChI=1S/C11H10BrClN2S/c12-9-4-2-1-3-8(9)5-14-7-11-15-6-10(13)16-11/h1-4,6,14H,5,7H2. The van der Waals surface area contributed by atoms with Gasteiger partial charge in [-0.1, -0.05) is 45.7 Å². The van der Waals surface area contributed by atoms with Crippen LogP contribution in [0.4, 0.5) is 0 Å². The summed E-state index contributed by atoms with van der Waals surface area (Å²) in [5.74, 6) is 0. The Morgan fingerprint density at radius 3 is 2.81 bits per heavy atom. The lowest BCUT2D eigenvalue weighted by Gasteiger charge is -2.04. The first-order valence-corrected chi connectivity index (χ1v) is 6.79. The summed E-state index contributed by atoms with van der Waals surface area (Å²) in [6.07, 6.45) is 1.68. The molecule has 2 rings (SSSR count). The number of benzene rings is 1. The van der Waals surface area contributed by atoms with E-state index in [9.17, 15) is 0 Å². The summed E-state index contributed by atoms with van der Waals surface area (Å²) < 4.78 is 1.86. The maximum absolute atomic E-state index is 5.80. The second-order valence-corrected chi connectivity index (χ2v) is 5.85. The average molecular weight is 318 g/mol. The zero-order chi connectivity index (χ0) is 11.4. The first-order chi connectivity index (χ1) is 7.75. The van der Waals surface area contributed by atoms with Gasteiger partial charge in [0, 0.05) is 17.6 Å². The van der Waals surface area contributed by atoms with E-state index in [0.717, 1.165) is 26.9 Å². The smallest absolute Gasteiger partial charge is 0.113 e. The highest BCUT2D eigenvalue weighted by atomic mass is 79.9. The maximum atomic E-state index is 5.80. The Hall–Kier alpha value is -0.420. The van der Waals surface area contributed by atoms with E-state index in [2.05, 4.69) is 32.3 Å². The molecule has 0 bridgehead atoms. The Morgan fingerprint density at radius 1 is 1.31 bits per heavy atom. The molecule has 0 aliphatic heterocycles. The van der Waals surface area contributed by atoms with Crippen LogP contribution in [0.5, 0.6) is 0 Å². The molecule has 0 saturated heterocycles. The average Bonchev–Trinajstić information content (AvgIpc) is 2.67. The first-order valence-electron chi connectivity index (χ1n) is 4.80. The van der Waals surface area contributed by atoms with Crippen LogP contribution < -0.4 is 5.32 Å². The third-order valence-corrected chi connectivity index (χ3v) is 3.96. The lowest BCUT2D eigenvalue weighted by Crippen LogP contribution is -2.12. The topological polar surface area (TPSA) is 24.9 Å². The van der Waals surface area contributed by atoms with Gasteiger partial charge in [-0.3, -0.25) is 0 Å². The predicted octanol–water partition coefficient (Wildman–Crippen LogP) is 3.85. The molecular formula is C11H10BrClN2S. The van der Waals surface area contributed by atoms with Gasteiger partial charge in [0.05, 0.1) is 6.20 Å². The van der Waals surface area contributed by atoms with Gasteiger partial charge in [-0.25, -0.2) is 4.98 Å². The highest BCUT2D eigenvalue weighted by Gasteiger charge is 2.01. The minimum absolute atomic E-state index is 0.734.